The van der Waals surface area contributed by atoms with E-state index in [0.717, 1.165) is 5.56 Å². The van der Waals surface area contributed by atoms with E-state index in [9.17, 15) is 9.90 Å². The van der Waals surface area contributed by atoms with Gasteiger partial charge in [-0.2, -0.15) is 0 Å². The lowest BCUT2D eigenvalue weighted by atomic mass is 9.92. The molecule has 0 aromatic heterocycles. The highest BCUT2D eigenvalue weighted by Gasteiger charge is 2.32. The molecule has 2 rings (SSSR count). The van der Waals surface area contributed by atoms with Crippen LogP contribution in [0.5, 0.6) is 11.5 Å². The number of hydrogen-bond donors (Lipinski definition) is 2. The van der Waals surface area contributed by atoms with Crippen LogP contribution in [-0.2, 0) is 4.79 Å². The number of amides is 1. The minimum atomic E-state index is -0.536. The zero-order valence-electron chi connectivity index (χ0n) is 12.1. The number of carbonyl (C=O) groups excluding carboxylic acids is 1. The third kappa shape index (κ3) is 3.42. The van der Waals surface area contributed by atoms with Gasteiger partial charge in [-0.3, -0.25) is 4.79 Å². The van der Waals surface area contributed by atoms with Crippen LogP contribution >= 0.6 is 0 Å². The average Bonchev–Trinajstić information content (AvgIpc) is 2.34. The molecule has 0 radical (unpaired) electrons. The first-order valence-corrected chi connectivity index (χ1v) is 6.82. The van der Waals surface area contributed by atoms with Crippen LogP contribution in [0.25, 0.3) is 0 Å². The fourth-order valence-corrected chi connectivity index (χ4v) is 2.28. The molecule has 0 saturated carbocycles. The van der Waals surface area contributed by atoms with Crippen LogP contribution in [0.4, 0.5) is 0 Å². The first kappa shape index (κ1) is 14.7. The maximum atomic E-state index is 11.4. The van der Waals surface area contributed by atoms with E-state index in [2.05, 4.69) is 5.32 Å². The lowest BCUT2D eigenvalue weighted by molar-refractivity contribution is -0.123. The van der Waals surface area contributed by atoms with E-state index in [-0.39, 0.29) is 12.5 Å². The van der Waals surface area contributed by atoms with Crippen molar-refractivity contribution in [2.75, 3.05) is 13.2 Å². The monoisotopic (exact) mass is 279 g/mol. The number of fused-ring (bicyclic) bond motifs is 1. The number of aliphatic hydroxyl groups is 1. The van der Waals surface area contributed by atoms with Crippen molar-refractivity contribution >= 4 is 5.91 Å². The molecule has 5 nitrogen and oxygen atoms in total. The van der Waals surface area contributed by atoms with Gasteiger partial charge in [0.15, 0.2) is 6.61 Å². The van der Waals surface area contributed by atoms with Gasteiger partial charge in [0.1, 0.15) is 17.1 Å². The minimum Gasteiger partial charge on any atom is -0.487 e. The van der Waals surface area contributed by atoms with E-state index in [1.807, 2.05) is 20.8 Å². The summed E-state index contributed by atoms with van der Waals surface area (Å²) in [6.07, 6.45) is 0.0187. The molecule has 1 atom stereocenters. The topological polar surface area (TPSA) is 67.8 Å². The first-order chi connectivity index (χ1) is 9.41. The zero-order chi connectivity index (χ0) is 14.8. The highest BCUT2D eigenvalue weighted by Crippen LogP contribution is 2.40. The maximum absolute atomic E-state index is 11.4. The second-order valence-corrected chi connectivity index (χ2v) is 5.52. The quantitative estimate of drug-likeness (QED) is 0.882. The number of benzene rings is 1. The van der Waals surface area contributed by atoms with Gasteiger partial charge in [0, 0.05) is 24.6 Å². The van der Waals surface area contributed by atoms with Crippen LogP contribution in [-0.4, -0.2) is 29.8 Å². The molecule has 1 unspecified atom stereocenters. The van der Waals surface area contributed by atoms with Crippen LogP contribution in [0.15, 0.2) is 18.2 Å². The van der Waals surface area contributed by atoms with Crippen molar-refractivity contribution in [3.63, 3.8) is 0 Å². The molecule has 1 aromatic rings. The molecule has 1 aromatic carbocycles. The molecule has 5 heteroatoms. The van der Waals surface area contributed by atoms with Gasteiger partial charge in [-0.25, -0.2) is 0 Å². The van der Waals surface area contributed by atoms with Gasteiger partial charge in [-0.15, -0.1) is 0 Å². The van der Waals surface area contributed by atoms with Crippen LogP contribution in [0, 0.1) is 0 Å². The Bertz CT molecular complexity index is 499. The van der Waals surface area contributed by atoms with Crippen molar-refractivity contribution in [3.8, 4) is 11.5 Å². The normalized spacial score (nSPS) is 19.7. The van der Waals surface area contributed by atoms with E-state index in [1.54, 1.807) is 18.2 Å². The Hall–Kier alpha value is -1.75. The predicted molar refractivity (Wildman–Crippen MR) is 74.9 cm³/mol. The number of hydrogen-bond acceptors (Lipinski definition) is 4. The van der Waals surface area contributed by atoms with E-state index in [1.165, 1.54) is 0 Å². The number of nitrogens with one attached hydrogen (secondary N) is 1. The fourth-order valence-electron chi connectivity index (χ4n) is 2.28. The number of rotatable bonds is 4. The van der Waals surface area contributed by atoms with Crippen molar-refractivity contribution < 1.29 is 19.4 Å². The number of ether oxygens (including phenoxy) is 2. The number of aliphatic hydroxyl groups excluding tert-OH is 1. The molecule has 110 valence electrons. The Balaban J connectivity index is 2.09. The van der Waals surface area contributed by atoms with Gasteiger partial charge >= 0.3 is 0 Å². The molecule has 20 heavy (non-hydrogen) atoms. The van der Waals surface area contributed by atoms with Crippen LogP contribution in [0.3, 0.4) is 0 Å². The summed E-state index contributed by atoms with van der Waals surface area (Å²) in [5.41, 5.74) is 0.347. The molecule has 1 amide bonds. The molecule has 0 saturated heterocycles. The third-order valence-corrected chi connectivity index (χ3v) is 3.16. The minimum absolute atomic E-state index is 0.0292. The lowest BCUT2D eigenvalue weighted by Crippen LogP contribution is -2.34. The molecular weight excluding hydrogens is 258 g/mol. The van der Waals surface area contributed by atoms with E-state index in [4.69, 9.17) is 9.47 Å². The Kier molecular flexibility index (Phi) is 4.18. The smallest absolute Gasteiger partial charge is 0.257 e. The van der Waals surface area contributed by atoms with Gasteiger partial charge in [0.05, 0.1) is 6.10 Å². The van der Waals surface area contributed by atoms with Gasteiger partial charge in [0.2, 0.25) is 0 Å². The van der Waals surface area contributed by atoms with Crippen LogP contribution in [0.1, 0.15) is 38.9 Å². The first-order valence-electron chi connectivity index (χ1n) is 6.82. The predicted octanol–water partition coefficient (Wildman–Crippen LogP) is 1.80. The average molecular weight is 279 g/mol. The molecule has 0 fully saturated rings. The molecule has 0 bridgehead atoms. The largest absolute Gasteiger partial charge is 0.487 e. The van der Waals surface area contributed by atoms with Crippen molar-refractivity contribution in [1.29, 1.82) is 0 Å². The summed E-state index contributed by atoms with van der Waals surface area (Å²) < 4.78 is 11.3. The Morgan fingerprint density at radius 1 is 1.55 bits per heavy atom. The van der Waals surface area contributed by atoms with Crippen LogP contribution in [0.2, 0.25) is 0 Å². The SMILES string of the molecule is CCNC(=O)COc1ccc2c(c1)OC(C)(C)CC2O. The van der Waals surface area contributed by atoms with Crippen molar-refractivity contribution in [2.45, 2.75) is 38.9 Å². The van der Waals surface area contributed by atoms with Crippen molar-refractivity contribution in [1.82, 2.24) is 5.32 Å². The summed E-state index contributed by atoms with van der Waals surface area (Å²) in [6, 6.07) is 5.24. The van der Waals surface area contributed by atoms with Gasteiger partial charge in [-0.05, 0) is 32.9 Å². The summed E-state index contributed by atoms with van der Waals surface area (Å²) in [5.74, 6) is 1.01. The molecule has 1 aliphatic heterocycles. The van der Waals surface area contributed by atoms with Gasteiger partial charge < -0.3 is 19.9 Å². The molecule has 1 heterocycles. The summed E-state index contributed by atoms with van der Waals surface area (Å²) >= 11 is 0. The summed E-state index contributed by atoms with van der Waals surface area (Å²) in [4.78, 5) is 11.4. The Labute approximate surface area is 118 Å². The zero-order valence-corrected chi connectivity index (χ0v) is 12.1. The second kappa shape index (κ2) is 5.71. The van der Waals surface area contributed by atoms with Gasteiger partial charge in [0.25, 0.3) is 5.91 Å². The highest BCUT2D eigenvalue weighted by molar-refractivity contribution is 5.77. The molecule has 1 aliphatic rings. The molecule has 2 N–H and O–H groups in total. The Morgan fingerprint density at radius 3 is 3.00 bits per heavy atom. The maximum Gasteiger partial charge on any atom is 0.257 e. The van der Waals surface area contributed by atoms with E-state index >= 15 is 0 Å². The molecule has 0 aliphatic carbocycles. The lowest BCUT2D eigenvalue weighted by Gasteiger charge is -2.35. The standard InChI is InChI=1S/C15H21NO4/c1-4-16-14(18)9-19-10-5-6-11-12(17)8-15(2,3)20-13(11)7-10/h5-7,12,17H,4,8-9H2,1-3H3,(H,16,18). The van der Waals surface area contributed by atoms with Gasteiger partial charge in [-0.1, -0.05) is 0 Å². The molecule has 0 spiro atoms. The number of carbonyl (C=O) groups is 1. The van der Waals surface area contributed by atoms with Crippen molar-refractivity contribution in [3.05, 3.63) is 23.8 Å². The Morgan fingerprint density at radius 2 is 2.30 bits per heavy atom. The highest BCUT2D eigenvalue weighted by atomic mass is 16.5. The fraction of sp³-hybridized carbons (Fsp3) is 0.533. The van der Waals surface area contributed by atoms with Crippen LogP contribution < -0.4 is 14.8 Å². The summed E-state index contributed by atoms with van der Waals surface area (Å²) in [7, 11) is 0. The second-order valence-electron chi connectivity index (χ2n) is 5.52. The van der Waals surface area contributed by atoms with E-state index in [0.29, 0.717) is 24.5 Å². The summed E-state index contributed by atoms with van der Waals surface area (Å²) in [6.45, 7) is 6.27. The number of likely N-dealkylation sites (N-methyl/N-ethyl adjacent to an activating group) is 1. The van der Waals surface area contributed by atoms with Crippen molar-refractivity contribution in [2.24, 2.45) is 0 Å². The summed E-state index contributed by atoms with van der Waals surface area (Å²) in [5, 5.41) is 12.8. The van der Waals surface area contributed by atoms with E-state index < -0.39 is 11.7 Å². The molecular formula is C15H21NO4. The third-order valence-electron chi connectivity index (χ3n) is 3.16.